The molecule has 1 aromatic carbocycles. The largest absolute Gasteiger partial charge is 0.513 e. The van der Waals surface area contributed by atoms with Crippen LogP contribution < -0.4 is 4.74 Å². The predicted molar refractivity (Wildman–Crippen MR) is 78.7 cm³/mol. The molecule has 0 bridgehead atoms. The molecule has 3 heteroatoms. The Morgan fingerprint density at radius 3 is 2.11 bits per heavy atom. The second-order valence-electron chi connectivity index (χ2n) is 4.24. The lowest BCUT2D eigenvalue weighted by molar-refractivity contribution is 0.104. The van der Waals surface area contributed by atoms with Crippen LogP contribution in [0.3, 0.4) is 0 Å². The summed E-state index contributed by atoms with van der Waals surface area (Å²) in [5.74, 6) is 0.527. The van der Waals surface area contributed by atoms with Crippen LogP contribution in [-0.2, 0) is 11.2 Å². The SMILES string of the molecule is CCC.CCCCc1ccc(OC(=O)OCC)cc1. The molecule has 19 heavy (non-hydrogen) atoms. The quantitative estimate of drug-likeness (QED) is 0.557. The molecule has 0 saturated carbocycles. The van der Waals surface area contributed by atoms with Gasteiger partial charge in [0.15, 0.2) is 0 Å². The van der Waals surface area contributed by atoms with Gasteiger partial charge < -0.3 is 9.47 Å². The highest BCUT2D eigenvalue weighted by molar-refractivity contribution is 5.63. The molecule has 0 radical (unpaired) electrons. The Morgan fingerprint density at radius 2 is 1.63 bits per heavy atom. The Balaban J connectivity index is 0.000000982. The Labute approximate surface area is 116 Å². The average Bonchev–Trinajstić information content (AvgIpc) is 2.39. The van der Waals surface area contributed by atoms with Gasteiger partial charge in [0.2, 0.25) is 0 Å². The van der Waals surface area contributed by atoms with Gasteiger partial charge in [0.05, 0.1) is 6.61 Å². The Kier molecular flexibility index (Phi) is 10.7. The van der Waals surface area contributed by atoms with Gasteiger partial charge in [-0.25, -0.2) is 4.79 Å². The van der Waals surface area contributed by atoms with Crippen molar-refractivity contribution in [2.24, 2.45) is 0 Å². The molecule has 0 amide bonds. The van der Waals surface area contributed by atoms with Gasteiger partial charge in [-0.15, -0.1) is 0 Å². The molecule has 0 unspecified atom stereocenters. The lowest BCUT2D eigenvalue weighted by Crippen LogP contribution is -2.09. The third kappa shape index (κ3) is 9.11. The summed E-state index contributed by atoms with van der Waals surface area (Å²) in [5.41, 5.74) is 1.26. The van der Waals surface area contributed by atoms with E-state index in [2.05, 4.69) is 25.5 Å². The molecule has 0 N–H and O–H groups in total. The van der Waals surface area contributed by atoms with Crippen molar-refractivity contribution in [1.82, 2.24) is 0 Å². The van der Waals surface area contributed by atoms with Gasteiger partial charge in [-0.1, -0.05) is 45.7 Å². The lowest BCUT2D eigenvalue weighted by atomic mass is 10.1. The first-order valence-electron chi connectivity index (χ1n) is 7.11. The van der Waals surface area contributed by atoms with Crippen molar-refractivity contribution in [2.75, 3.05) is 6.61 Å². The Morgan fingerprint density at radius 1 is 1.05 bits per heavy atom. The molecule has 0 aliphatic rings. The summed E-state index contributed by atoms with van der Waals surface area (Å²) in [6, 6.07) is 7.54. The first-order chi connectivity index (χ1) is 9.17. The van der Waals surface area contributed by atoms with Crippen molar-refractivity contribution in [2.45, 2.75) is 53.4 Å². The summed E-state index contributed by atoms with van der Waals surface area (Å²) in [4.78, 5) is 11.0. The molecular formula is C16H26O3. The fraction of sp³-hybridized carbons (Fsp3) is 0.562. The Hall–Kier alpha value is -1.51. The van der Waals surface area contributed by atoms with E-state index in [1.807, 2.05) is 12.1 Å². The molecule has 0 aliphatic carbocycles. The number of carbonyl (C=O) groups excluding carboxylic acids is 1. The predicted octanol–water partition coefficient (Wildman–Crippen LogP) is 4.98. The number of rotatable bonds is 5. The van der Waals surface area contributed by atoms with E-state index in [9.17, 15) is 4.79 Å². The van der Waals surface area contributed by atoms with E-state index in [1.54, 1.807) is 19.1 Å². The fourth-order valence-corrected chi connectivity index (χ4v) is 1.35. The van der Waals surface area contributed by atoms with Gasteiger partial charge in [-0.05, 0) is 37.5 Å². The zero-order valence-corrected chi connectivity index (χ0v) is 12.6. The minimum absolute atomic E-state index is 0.327. The summed E-state index contributed by atoms with van der Waals surface area (Å²) in [6.07, 6.45) is 4.03. The number of aryl methyl sites for hydroxylation is 1. The van der Waals surface area contributed by atoms with Crippen molar-refractivity contribution in [1.29, 1.82) is 0 Å². The highest BCUT2D eigenvalue weighted by atomic mass is 16.7. The molecule has 0 saturated heterocycles. The van der Waals surface area contributed by atoms with Gasteiger partial charge in [-0.2, -0.15) is 0 Å². The minimum Gasteiger partial charge on any atom is -0.434 e. The van der Waals surface area contributed by atoms with E-state index in [1.165, 1.54) is 24.8 Å². The summed E-state index contributed by atoms with van der Waals surface area (Å²) >= 11 is 0. The zero-order chi connectivity index (χ0) is 14.5. The molecule has 0 heterocycles. The smallest absolute Gasteiger partial charge is 0.434 e. The highest BCUT2D eigenvalue weighted by Gasteiger charge is 2.04. The molecule has 108 valence electrons. The summed E-state index contributed by atoms with van der Waals surface area (Å²) in [5, 5.41) is 0. The summed E-state index contributed by atoms with van der Waals surface area (Å²) < 4.78 is 9.63. The molecule has 1 aromatic rings. The van der Waals surface area contributed by atoms with Crippen LogP contribution in [0.1, 0.15) is 52.5 Å². The van der Waals surface area contributed by atoms with Crippen molar-refractivity contribution in [3.63, 3.8) is 0 Å². The molecule has 0 aromatic heterocycles. The number of hydrogen-bond acceptors (Lipinski definition) is 3. The van der Waals surface area contributed by atoms with Crippen LogP contribution in [0.15, 0.2) is 24.3 Å². The first-order valence-corrected chi connectivity index (χ1v) is 7.11. The first kappa shape index (κ1) is 17.5. The third-order valence-electron chi connectivity index (χ3n) is 2.21. The van der Waals surface area contributed by atoms with E-state index in [0.29, 0.717) is 12.4 Å². The van der Waals surface area contributed by atoms with Crippen LogP contribution in [0.2, 0.25) is 0 Å². The maximum Gasteiger partial charge on any atom is 0.513 e. The minimum atomic E-state index is -0.649. The van der Waals surface area contributed by atoms with E-state index in [0.717, 1.165) is 6.42 Å². The summed E-state index contributed by atoms with van der Waals surface area (Å²) in [6.45, 7) is 8.49. The van der Waals surface area contributed by atoms with Gasteiger partial charge in [0.1, 0.15) is 5.75 Å². The van der Waals surface area contributed by atoms with Crippen LogP contribution in [0.5, 0.6) is 5.75 Å². The topological polar surface area (TPSA) is 35.5 Å². The van der Waals surface area contributed by atoms with Crippen LogP contribution >= 0.6 is 0 Å². The van der Waals surface area contributed by atoms with Crippen molar-refractivity contribution < 1.29 is 14.3 Å². The second-order valence-corrected chi connectivity index (χ2v) is 4.24. The molecule has 0 spiro atoms. The number of hydrogen-bond donors (Lipinski definition) is 0. The van der Waals surface area contributed by atoms with E-state index in [4.69, 9.17) is 4.74 Å². The van der Waals surface area contributed by atoms with E-state index < -0.39 is 6.16 Å². The van der Waals surface area contributed by atoms with Crippen molar-refractivity contribution >= 4 is 6.16 Å². The van der Waals surface area contributed by atoms with Gasteiger partial charge in [-0.3, -0.25) is 0 Å². The number of unbranched alkanes of at least 4 members (excludes halogenated alkanes) is 1. The van der Waals surface area contributed by atoms with Crippen LogP contribution in [-0.4, -0.2) is 12.8 Å². The lowest BCUT2D eigenvalue weighted by Gasteiger charge is -2.05. The summed E-state index contributed by atoms with van der Waals surface area (Å²) in [7, 11) is 0. The monoisotopic (exact) mass is 266 g/mol. The van der Waals surface area contributed by atoms with Crippen molar-refractivity contribution in [3.8, 4) is 5.75 Å². The normalized spacial score (nSPS) is 9.26. The van der Waals surface area contributed by atoms with Gasteiger partial charge in [0.25, 0.3) is 0 Å². The zero-order valence-electron chi connectivity index (χ0n) is 12.6. The molecule has 0 atom stereocenters. The maximum absolute atomic E-state index is 11.0. The van der Waals surface area contributed by atoms with Crippen LogP contribution in [0.4, 0.5) is 4.79 Å². The van der Waals surface area contributed by atoms with Crippen molar-refractivity contribution in [3.05, 3.63) is 29.8 Å². The highest BCUT2D eigenvalue weighted by Crippen LogP contribution is 2.14. The van der Waals surface area contributed by atoms with Gasteiger partial charge >= 0.3 is 6.16 Å². The standard InChI is InChI=1S/C13H18O3.C3H8/c1-3-5-6-11-7-9-12(10-8-11)16-13(14)15-4-2;1-3-2/h7-10H,3-6H2,1-2H3;3H2,1-2H3. The van der Waals surface area contributed by atoms with Crippen LogP contribution in [0.25, 0.3) is 0 Å². The third-order valence-corrected chi connectivity index (χ3v) is 2.21. The molecule has 3 nitrogen and oxygen atoms in total. The molecule has 0 fully saturated rings. The Bertz CT molecular complexity index is 330. The van der Waals surface area contributed by atoms with Gasteiger partial charge in [0, 0.05) is 0 Å². The molecule has 1 rings (SSSR count). The molecule has 0 aliphatic heterocycles. The number of carbonyl (C=O) groups is 1. The van der Waals surface area contributed by atoms with Crippen LogP contribution in [0, 0.1) is 0 Å². The number of ether oxygens (including phenoxy) is 2. The fourth-order valence-electron chi connectivity index (χ4n) is 1.35. The number of benzene rings is 1. The average molecular weight is 266 g/mol. The van der Waals surface area contributed by atoms with E-state index >= 15 is 0 Å². The second kappa shape index (κ2) is 11.6. The van der Waals surface area contributed by atoms with E-state index in [-0.39, 0.29) is 0 Å². The maximum atomic E-state index is 11.0. The molecular weight excluding hydrogens is 240 g/mol.